The molecule has 1 atom stereocenters. The molecule has 2 aromatic rings. The van der Waals surface area contributed by atoms with Gasteiger partial charge < -0.3 is 9.47 Å². The average molecular weight is 335 g/mol. The Labute approximate surface area is 146 Å². The lowest BCUT2D eigenvalue weighted by atomic mass is 10.1. The van der Waals surface area contributed by atoms with E-state index in [1.54, 1.807) is 61.7 Å². The predicted molar refractivity (Wildman–Crippen MR) is 93.1 cm³/mol. The third kappa shape index (κ3) is 5.05. The molecular formula is C20H17NO4. The number of ether oxygens (including phenoxy) is 2. The topological polar surface area (TPSA) is 76.4 Å². The normalized spacial score (nSPS) is 11.6. The lowest BCUT2D eigenvalue weighted by Gasteiger charge is -2.11. The van der Waals surface area contributed by atoms with E-state index in [1.807, 2.05) is 6.07 Å². The Bertz CT molecular complexity index is 814. The molecule has 0 aromatic heterocycles. The van der Waals surface area contributed by atoms with E-state index in [4.69, 9.17) is 14.7 Å². The molecule has 0 bridgehead atoms. The molecule has 0 saturated carbocycles. The summed E-state index contributed by atoms with van der Waals surface area (Å²) in [6.45, 7) is 1.53. The Morgan fingerprint density at radius 2 is 1.72 bits per heavy atom. The highest BCUT2D eigenvalue weighted by atomic mass is 16.5. The fourth-order valence-electron chi connectivity index (χ4n) is 2.09. The van der Waals surface area contributed by atoms with Gasteiger partial charge in [0, 0.05) is 11.6 Å². The molecule has 0 spiro atoms. The summed E-state index contributed by atoms with van der Waals surface area (Å²) in [5.41, 5.74) is 1.74. The van der Waals surface area contributed by atoms with Crippen molar-refractivity contribution in [1.29, 1.82) is 5.26 Å². The van der Waals surface area contributed by atoms with Gasteiger partial charge in [-0.25, -0.2) is 4.79 Å². The third-order valence-corrected chi connectivity index (χ3v) is 3.49. The van der Waals surface area contributed by atoms with Gasteiger partial charge in [-0.2, -0.15) is 5.26 Å². The van der Waals surface area contributed by atoms with Crippen molar-refractivity contribution in [3.05, 3.63) is 71.3 Å². The number of ketones is 1. The van der Waals surface area contributed by atoms with Crippen molar-refractivity contribution in [3.8, 4) is 11.8 Å². The summed E-state index contributed by atoms with van der Waals surface area (Å²) in [5, 5.41) is 8.74. The molecule has 2 aromatic carbocycles. The summed E-state index contributed by atoms with van der Waals surface area (Å²) < 4.78 is 10.2. The summed E-state index contributed by atoms with van der Waals surface area (Å²) >= 11 is 0. The maximum absolute atomic E-state index is 12.3. The molecule has 5 nitrogen and oxygen atoms in total. The predicted octanol–water partition coefficient (Wildman–Crippen LogP) is 3.39. The Morgan fingerprint density at radius 3 is 2.28 bits per heavy atom. The molecule has 0 unspecified atom stereocenters. The second-order valence-electron chi connectivity index (χ2n) is 5.24. The molecule has 0 fully saturated rings. The molecule has 0 heterocycles. The van der Waals surface area contributed by atoms with Crippen LogP contribution in [0.1, 0.15) is 28.4 Å². The zero-order valence-corrected chi connectivity index (χ0v) is 13.9. The number of carbonyl (C=O) groups excluding carboxylic acids is 2. The molecule has 25 heavy (non-hydrogen) atoms. The molecule has 0 aliphatic heterocycles. The molecule has 126 valence electrons. The second-order valence-corrected chi connectivity index (χ2v) is 5.24. The van der Waals surface area contributed by atoms with E-state index in [1.165, 1.54) is 13.0 Å². The molecule has 2 rings (SSSR count). The zero-order chi connectivity index (χ0) is 18.2. The van der Waals surface area contributed by atoms with Gasteiger partial charge in [-0.05, 0) is 55.0 Å². The van der Waals surface area contributed by atoms with Crippen LogP contribution in [0.15, 0.2) is 54.6 Å². The van der Waals surface area contributed by atoms with Gasteiger partial charge in [0.25, 0.3) is 0 Å². The van der Waals surface area contributed by atoms with Crippen LogP contribution >= 0.6 is 0 Å². The fraction of sp³-hybridized carbons (Fsp3) is 0.150. The highest BCUT2D eigenvalue weighted by Crippen LogP contribution is 2.14. The number of rotatable bonds is 6. The zero-order valence-electron chi connectivity index (χ0n) is 13.9. The molecular weight excluding hydrogens is 318 g/mol. The first-order valence-corrected chi connectivity index (χ1v) is 7.60. The molecule has 5 heteroatoms. The Kier molecular flexibility index (Phi) is 6.08. The average Bonchev–Trinajstić information content (AvgIpc) is 2.66. The monoisotopic (exact) mass is 335 g/mol. The minimum Gasteiger partial charge on any atom is -0.497 e. The first kappa shape index (κ1) is 18.0. The number of benzene rings is 2. The van der Waals surface area contributed by atoms with Crippen LogP contribution in [0, 0.1) is 11.3 Å². The van der Waals surface area contributed by atoms with E-state index in [0.29, 0.717) is 16.9 Å². The first-order valence-electron chi connectivity index (χ1n) is 7.60. The van der Waals surface area contributed by atoms with Gasteiger partial charge >= 0.3 is 5.97 Å². The molecule has 0 aliphatic rings. The van der Waals surface area contributed by atoms with E-state index in [2.05, 4.69) is 0 Å². The van der Waals surface area contributed by atoms with Gasteiger partial charge in [-0.1, -0.05) is 12.1 Å². The van der Waals surface area contributed by atoms with Crippen LogP contribution in [-0.4, -0.2) is 25.0 Å². The Balaban J connectivity index is 1.95. The summed E-state index contributed by atoms with van der Waals surface area (Å²) in [6.07, 6.45) is 1.92. The smallest absolute Gasteiger partial charge is 0.331 e. The van der Waals surface area contributed by atoms with Crippen molar-refractivity contribution < 1.29 is 19.1 Å². The summed E-state index contributed by atoms with van der Waals surface area (Å²) in [4.78, 5) is 24.1. The third-order valence-electron chi connectivity index (χ3n) is 3.49. The fourth-order valence-corrected chi connectivity index (χ4v) is 2.09. The van der Waals surface area contributed by atoms with Crippen LogP contribution in [0.4, 0.5) is 0 Å². The van der Waals surface area contributed by atoms with Crippen LogP contribution in [0.25, 0.3) is 6.08 Å². The number of methoxy groups -OCH3 is 1. The van der Waals surface area contributed by atoms with E-state index in [-0.39, 0.29) is 5.78 Å². The van der Waals surface area contributed by atoms with Crippen LogP contribution in [0.2, 0.25) is 0 Å². The Hall–Kier alpha value is -3.39. The molecule has 0 N–H and O–H groups in total. The van der Waals surface area contributed by atoms with Gasteiger partial charge in [0.05, 0.1) is 18.7 Å². The summed E-state index contributed by atoms with van der Waals surface area (Å²) in [7, 11) is 1.54. The van der Waals surface area contributed by atoms with Gasteiger partial charge in [-0.3, -0.25) is 4.79 Å². The molecule has 0 amide bonds. The van der Waals surface area contributed by atoms with Crippen molar-refractivity contribution in [1.82, 2.24) is 0 Å². The molecule has 0 saturated heterocycles. The van der Waals surface area contributed by atoms with Gasteiger partial charge in [0.2, 0.25) is 5.78 Å². The number of Topliss-reactive ketones (excluding diaryl/α,β-unsaturated/α-hetero) is 1. The number of hydrogen-bond donors (Lipinski definition) is 0. The van der Waals surface area contributed by atoms with Crippen LogP contribution in [0.5, 0.6) is 5.75 Å². The minimum atomic E-state index is -0.897. The second kappa shape index (κ2) is 8.46. The number of hydrogen-bond acceptors (Lipinski definition) is 5. The van der Waals surface area contributed by atoms with E-state index in [9.17, 15) is 9.59 Å². The molecule has 0 radical (unpaired) electrons. The largest absolute Gasteiger partial charge is 0.497 e. The van der Waals surface area contributed by atoms with Crippen LogP contribution in [-0.2, 0) is 9.53 Å². The van der Waals surface area contributed by atoms with Crippen molar-refractivity contribution >= 4 is 17.8 Å². The maximum atomic E-state index is 12.3. The van der Waals surface area contributed by atoms with E-state index in [0.717, 1.165) is 5.56 Å². The highest BCUT2D eigenvalue weighted by Gasteiger charge is 2.18. The van der Waals surface area contributed by atoms with Crippen LogP contribution < -0.4 is 4.74 Å². The van der Waals surface area contributed by atoms with Gasteiger partial charge in [0.15, 0.2) is 6.10 Å². The van der Waals surface area contributed by atoms with Gasteiger partial charge in [-0.15, -0.1) is 0 Å². The number of esters is 1. The number of carbonyl (C=O) groups is 2. The van der Waals surface area contributed by atoms with Crippen molar-refractivity contribution in [2.45, 2.75) is 13.0 Å². The summed E-state index contributed by atoms with van der Waals surface area (Å²) in [5.74, 6) is -0.256. The minimum absolute atomic E-state index is 0.289. The number of nitriles is 1. The SMILES string of the molecule is COc1ccc(C(=O)[C@H](C)OC(=O)/C=C/c2ccc(C#N)cc2)cc1. The summed E-state index contributed by atoms with van der Waals surface area (Å²) in [6, 6.07) is 15.4. The van der Waals surface area contributed by atoms with Crippen LogP contribution in [0.3, 0.4) is 0 Å². The Morgan fingerprint density at radius 1 is 1.08 bits per heavy atom. The molecule has 0 aliphatic carbocycles. The number of nitrogens with zero attached hydrogens (tertiary/aromatic N) is 1. The van der Waals surface area contributed by atoms with E-state index < -0.39 is 12.1 Å². The van der Waals surface area contributed by atoms with Crippen molar-refractivity contribution in [3.63, 3.8) is 0 Å². The highest BCUT2D eigenvalue weighted by molar-refractivity contribution is 6.01. The lowest BCUT2D eigenvalue weighted by Crippen LogP contribution is -2.23. The quantitative estimate of drug-likeness (QED) is 0.459. The standard InChI is InChI=1S/C20H17NO4/c1-14(20(23)17-8-10-18(24-2)11-9-17)25-19(22)12-7-15-3-5-16(13-21)6-4-15/h3-12,14H,1-2H3/b12-7+/t14-/m0/s1. The van der Waals surface area contributed by atoms with Crippen molar-refractivity contribution in [2.24, 2.45) is 0 Å². The van der Waals surface area contributed by atoms with E-state index >= 15 is 0 Å². The lowest BCUT2D eigenvalue weighted by molar-refractivity contribution is -0.140. The van der Waals surface area contributed by atoms with Gasteiger partial charge in [0.1, 0.15) is 5.75 Å². The van der Waals surface area contributed by atoms with Crippen molar-refractivity contribution in [2.75, 3.05) is 7.11 Å². The first-order chi connectivity index (χ1) is 12.0. The maximum Gasteiger partial charge on any atom is 0.331 e.